The smallest absolute Gasteiger partial charge is 0.00232 e. The summed E-state index contributed by atoms with van der Waals surface area (Å²) in [6.45, 7) is 9.21. The Labute approximate surface area is 77.9 Å². The summed E-state index contributed by atoms with van der Waals surface area (Å²) in [5.74, 6) is 0.864. The molecule has 0 amide bonds. The summed E-state index contributed by atoms with van der Waals surface area (Å²) in [6, 6.07) is 0. The molecule has 1 heteroatoms. The Bertz CT molecular complexity index is 71.1. The standard InChI is InChI=1S/C11H25N/c1-4-6-7-8-11(3)10-12-9-5-2/h11-12H,4-10H2,1-3H3/t11-/m1/s1. The SMILES string of the molecule is CCCCC[C@@H](C)CNCCC. The van der Waals surface area contributed by atoms with Gasteiger partial charge in [0.05, 0.1) is 0 Å². The van der Waals surface area contributed by atoms with E-state index < -0.39 is 0 Å². The van der Waals surface area contributed by atoms with Crippen molar-refractivity contribution in [2.24, 2.45) is 5.92 Å². The number of nitrogens with one attached hydrogen (secondary N) is 1. The Morgan fingerprint density at radius 1 is 1.08 bits per heavy atom. The van der Waals surface area contributed by atoms with E-state index in [2.05, 4.69) is 26.1 Å². The van der Waals surface area contributed by atoms with Gasteiger partial charge >= 0.3 is 0 Å². The van der Waals surface area contributed by atoms with Crippen molar-refractivity contribution in [2.45, 2.75) is 52.9 Å². The molecule has 0 aromatic rings. The summed E-state index contributed by atoms with van der Waals surface area (Å²) in [4.78, 5) is 0. The van der Waals surface area contributed by atoms with Crippen molar-refractivity contribution in [2.75, 3.05) is 13.1 Å². The summed E-state index contributed by atoms with van der Waals surface area (Å²) in [5, 5.41) is 3.46. The van der Waals surface area contributed by atoms with E-state index in [-0.39, 0.29) is 0 Å². The van der Waals surface area contributed by atoms with Gasteiger partial charge in [-0.25, -0.2) is 0 Å². The molecule has 12 heavy (non-hydrogen) atoms. The number of hydrogen-bond acceptors (Lipinski definition) is 1. The van der Waals surface area contributed by atoms with Gasteiger partial charge in [-0.05, 0) is 31.8 Å². The number of unbranched alkanes of at least 4 members (excludes halogenated alkanes) is 2. The van der Waals surface area contributed by atoms with E-state index in [1.54, 1.807) is 0 Å². The minimum Gasteiger partial charge on any atom is -0.316 e. The lowest BCUT2D eigenvalue weighted by atomic mass is 10.0. The molecule has 0 spiro atoms. The summed E-state index contributed by atoms with van der Waals surface area (Å²) in [6.07, 6.45) is 6.80. The van der Waals surface area contributed by atoms with Crippen LogP contribution in [0.15, 0.2) is 0 Å². The second-order valence-corrected chi connectivity index (χ2v) is 3.81. The summed E-state index contributed by atoms with van der Waals surface area (Å²) < 4.78 is 0. The van der Waals surface area contributed by atoms with E-state index in [0.29, 0.717) is 0 Å². The van der Waals surface area contributed by atoms with Gasteiger partial charge in [0.1, 0.15) is 0 Å². The van der Waals surface area contributed by atoms with Crippen LogP contribution in [0.5, 0.6) is 0 Å². The van der Waals surface area contributed by atoms with Crippen LogP contribution in [0.4, 0.5) is 0 Å². The van der Waals surface area contributed by atoms with E-state index in [1.165, 1.54) is 45.2 Å². The molecule has 1 atom stereocenters. The predicted molar refractivity (Wildman–Crippen MR) is 56.5 cm³/mol. The fraction of sp³-hybridized carbons (Fsp3) is 1.00. The van der Waals surface area contributed by atoms with Crippen LogP contribution in [-0.4, -0.2) is 13.1 Å². The third kappa shape index (κ3) is 8.06. The van der Waals surface area contributed by atoms with Gasteiger partial charge in [0, 0.05) is 0 Å². The highest BCUT2D eigenvalue weighted by Crippen LogP contribution is 2.07. The fourth-order valence-electron chi connectivity index (χ4n) is 1.37. The minimum absolute atomic E-state index is 0.864. The Hall–Kier alpha value is -0.0400. The van der Waals surface area contributed by atoms with E-state index in [1.807, 2.05) is 0 Å². The molecule has 0 saturated carbocycles. The third-order valence-corrected chi connectivity index (χ3v) is 2.22. The Balaban J connectivity index is 3.04. The summed E-state index contributed by atoms with van der Waals surface area (Å²) >= 11 is 0. The van der Waals surface area contributed by atoms with Crippen molar-refractivity contribution in [1.82, 2.24) is 5.32 Å². The zero-order valence-electron chi connectivity index (χ0n) is 9.03. The molecule has 0 aromatic heterocycles. The first-order valence-corrected chi connectivity index (χ1v) is 5.52. The maximum Gasteiger partial charge on any atom is -0.00232 e. The van der Waals surface area contributed by atoms with E-state index >= 15 is 0 Å². The summed E-state index contributed by atoms with van der Waals surface area (Å²) in [5.41, 5.74) is 0. The molecular formula is C11H25N. The van der Waals surface area contributed by atoms with Crippen molar-refractivity contribution >= 4 is 0 Å². The summed E-state index contributed by atoms with van der Waals surface area (Å²) in [7, 11) is 0. The maximum absolute atomic E-state index is 3.46. The molecule has 0 aliphatic rings. The molecule has 1 N–H and O–H groups in total. The van der Waals surface area contributed by atoms with Crippen molar-refractivity contribution in [3.63, 3.8) is 0 Å². The highest BCUT2D eigenvalue weighted by atomic mass is 14.8. The van der Waals surface area contributed by atoms with Crippen molar-refractivity contribution in [3.8, 4) is 0 Å². The molecular weight excluding hydrogens is 146 g/mol. The largest absolute Gasteiger partial charge is 0.316 e. The van der Waals surface area contributed by atoms with Crippen LogP contribution in [-0.2, 0) is 0 Å². The van der Waals surface area contributed by atoms with Crippen LogP contribution in [0.1, 0.15) is 52.9 Å². The molecule has 0 bridgehead atoms. The molecule has 0 rings (SSSR count). The first kappa shape index (κ1) is 12.0. The first-order valence-electron chi connectivity index (χ1n) is 5.52. The predicted octanol–water partition coefficient (Wildman–Crippen LogP) is 3.20. The zero-order valence-corrected chi connectivity index (χ0v) is 9.03. The Morgan fingerprint density at radius 2 is 1.83 bits per heavy atom. The average Bonchev–Trinajstić information content (AvgIpc) is 2.06. The van der Waals surface area contributed by atoms with Gasteiger partial charge in [-0.3, -0.25) is 0 Å². The van der Waals surface area contributed by atoms with Gasteiger partial charge in [0.15, 0.2) is 0 Å². The Morgan fingerprint density at radius 3 is 2.42 bits per heavy atom. The molecule has 0 unspecified atom stereocenters. The Kier molecular flexibility index (Phi) is 9.02. The molecule has 0 fully saturated rings. The van der Waals surface area contributed by atoms with Crippen LogP contribution < -0.4 is 5.32 Å². The van der Waals surface area contributed by atoms with Crippen molar-refractivity contribution < 1.29 is 0 Å². The van der Waals surface area contributed by atoms with Crippen LogP contribution in [0, 0.1) is 5.92 Å². The molecule has 0 heterocycles. The van der Waals surface area contributed by atoms with Gasteiger partial charge in [0.25, 0.3) is 0 Å². The highest BCUT2D eigenvalue weighted by Gasteiger charge is 1.99. The second-order valence-electron chi connectivity index (χ2n) is 3.81. The normalized spacial score (nSPS) is 13.2. The lowest BCUT2D eigenvalue weighted by Gasteiger charge is -2.11. The van der Waals surface area contributed by atoms with Gasteiger partial charge in [0.2, 0.25) is 0 Å². The van der Waals surface area contributed by atoms with Crippen molar-refractivity contribution in [3.05, 3.63) is 0 Å². The molecule has 0 aliphatic carbocycles. The second kappa shape index (κ2) is 9.05. The molecule has 0 aliphatic heterocycles. The van der Waals surface area contributed by atoms with E-state index in [4.69, 9.17) is 0 Å². The number of rotatable bonds is 8. The molecule has 0 saturated heterocycles. The highest BCUT2D eigenvalue weighted by molar-refractivity contribution is 4.56. The monoisotopic (exact) mass is 171 g/mol. The van der Waals surface area contributed by atoms with Crippen LogP contribution in [0.25, 0.3) is 0 Å². The topological polar surface area (TPSA) is 12.0 Å². The first-order chi connectivity index (χ1) is 5.81. The maximum atomic E-state index is 3.46. The van der Waals surface area contributed by atoms with Crippen molar-refractivity contribution in [1.29, 1.82) is 0 Å². The van der Waals surface area contributed by atoms with Crippen LogP contribution in [0.3, 0.4) is 0 Å². The van der Waals surface area contributed by atoms with Crippen LogP contribution >= 0.6 is 0 Å². The molecule has 0 aromatic carbocycles. The zero-order chi connectivity index (χ0) is 9.23. The van der Waals surface area contributed by atoms with Gasteiger partial charge in [-0.2, -0.15) is 0 Å². The fourth-order valence-corrected chi connectivity index (χ4v) is 1.37. The lowest BCUT2D eigenvalue weighted by molar-refractivity contribution is 0.458. The lowest BCUT2D eigenvalue weighted by Crippen LogP contribution is -2.21. The van der Waals surface area contributed by atoms with E-state index in [0.717, 1.165) is 5.92 Å². The molecule has 1 nitrogen and oxygen atoms in total. The quantitative estimate of drug-likeness (QED) is 0.553. The average molecular weight is 171 g/mol. The van der Waals surface area contributed by atoms with Gasteiger partial charge in [-0.15, -0.1) is 0 Å². The molecule has 74 valence electrons. The van der Waals surface area contributed by atoms with E-state index in [9.17, 15) is 0 Å². The third-order valence-electron chi connectivity index (χ3n) is 2.22. The number of hydrogen-bond donors (Lipinski definition) is 1. The van der Waals surface area contributed by atoms with Crippen LogP contribution in [0.2, 0.25) is 0 Å². The molecule has 0 radical (unpaired) electrons. The minimum atomic E-state index is 0.864. The van der Waals surface area contributed by atoms with Gasteiger partial charge < -0.3 is 5.32 Å². The van der Waals surface area contributed by atoms with Gasteiger partial charge in [-0.1, -0.05) is 40.0 Å².